The summed E-state index contributed by atoms with van der Waals surface area (Å²) in [6.45, 7) is 9.38. The molecule has 0 aliphatic carbocycles. The molecule has 0 rings (SSSR count). The minimum Gasteiger partial charge on any atom is -0.490 e. The van der Waals surface area contributed by atoms with Crippen LogP contribution in [0.2, 0.25) is 25.2 Å². The number of hydrogen-bond acceptors (Lipinski definition) is 2. The van der Waals surface area contributed by atoms with Crippen molar-refractivity contribution >= 4 is 25.3 Å². The van der Waals surface area contributed by atoms with Crippen LogP contribution >= 0.6 is 12.2 Å². The standard InChI is InChI=1S/C12H26OSSi/c1-6-7-8-9-10-11(12(14)13-2)15(3,4)5/h11H,6-10H2,1-5H3. The Morgan fingerprint density at radius 3 is 2.20 bits per heavy atom. The first kappa shape index (κ1) is 15.1. The van der Waals surface area contributed by atoms with Crippen molar-refractivity contribution in [3.63, 3.8) is 0 Å². The lowest BCUT2D eigenvalue weighted by atomic mass is 10.1. The summed E-state index contributed by atoms with van der Waals surface area (Å²) >= 11 is 5.32. The molecule has 0 bridgehead atoms. The van der Waals surface area contributed by atoms with Gasteiger partial charge in [-0.25, -0.2) is 0 Å². The Hall–Kier alpha value is 0.107. The molecule has 0 saturated heterocycles. The van der Waals surface area contributed by atoms with Gasteiger partial charge in [0, 0.05) is 5.54 Å². The largest absolute Gasteiger partial charge is 0.490 e. The van der Waals surface area contributed by atoms with Crippen molar-refractivity contribution in [2.45, 2.75) is 64.2 Å². The fourth-order valence-corrected chi connectivity index (χ4v) is 4.90. The predicted molar refractivity (Wildman–Crippen MR) is 75.5 cm³/mol. The van der Waals surface area contributed by atoms with E-state index in [1.165, 1.54) is 32.1 Å². The van der Waals surface area contributed by atoms with Crippen molar-refractivity contribution in [1.82, 2.24) is 0 Å². The molecule has 15 heavy (non-hydrogen) atoms. The second-order valence-electron chi connectivity index (χ2n) is 5.29. The zero-order valence-electron chi connectivity index (χ0n) is 10.9. The van der Waals surface area contributed by atoms with Gasteiger partial charge in [-0.05, 0) is 18.6 Å². The highest BCUT2D eigenvalue weighted by Gasteiger charge is 2.30. The highest BCUT2D eigenvalue weighted by atomic mass is 32.1. The van der Waals surface area contributed by atoms with Gasteiger partial charge >= 0.3 is 0 Å². The molecule has 1 nitrogen and oxygen atoms in total. The van der Waals surface area contributed by atoms with E-state index in [2.05, 4.69) is 26.6 Å². The summed E-state index contributed by atoms with van der Waals surface area (Å²) in [5.74, 6) is 0. The number of thiocarbonyl (C=S) groups is 1. The van der Waals surface area contributed by atoms with Crippen LogP contribution in [-0.4, -0.2) is 20.2 Å². The molecule has 1 atom stereocenters. The lowest BCUT2D eigenvalue weighted by Gasteiger charge is -2.28. The minimum absolute atomic E-state index is 0.550. The molecule has 0 spiro atoms. The third-order valence-electron chi connectivity index (χ3n) is 2.88. The van der Waals surface area contributed by atoms with Gasteiger partial charge in [-0.2, -0.15) is 0 Å². The molecular formula is C12H26OSSi. The van der Waals surface area contributed by atoms with Crippen LogP contribution in [0.15, 0.2) is 0 Å². The van der Waals surface area contributed by atoms with E-state index in [4.69, 9.17) is 17.0 Å². The Kier molecular flexibility index (Phi) is 7.44. The van der Waals surface area contributed by atoms with Gasteiger partial charge < -0.3 is 4.74 Å². The maximum atomic E-state index is 5.32. The molecule has 0 amide bonds. The van der Waals surface area contributed by atoms with Crippen LogP contribution in [0.25, 0.3) is 0 Å². The summed E-state index contributed by atoms with van der Waals surface area (Å²) in [6, 6.07) is 0. The van der Waals surface area contributed by atoms with Gasteiger partial charge in [0.25, 0.3) is 0 Å². The van der Waals surface area contributed by atoms with Crippen LogP contribution < -0.4 is 0 Å². The summed E-state index contributed by atoms with van der Waals surface area (Å²) in [4.78, 5) is 0. The summed E-state index contributed by atoms with van der Waals surface area (Å²) in [5.41, 5.74) is 0.550. The van der Waals surface area contributed by atoms with Gasteiger partial charge in [0.1, 0.15) is 0 Å². The van der Waals surface area contributed by atoms with Gasteiger partial charge in [0.15, 0.2) is 5.05 Å². The van der Waals surface area contributed by atoms with Crippen LogP contribution in [-0.2, 0) is 4.74 Å². The van der Waals surface area contributed by atoms with Crippen molar-refractivity contribution in [2.24, 2.45) is 0 Å². The smallest absolute Gasteiger partial charge is 0.159 e. The normalized spacial score (nSPS) is 13.7. The zero-order valence-corrected chi connectivity index (χ0v) is 12.7. The van der Waals surface area contributed by atoms with Gasteiger partial charge in [0.05, 0.1) is 15.2 Å². The van der Waals surface area contributed by atoms with Crippen LogP contribution in [0.5, 0.6) is 0 Å². The number of ether oxygens (including phenoxy) is 1. The highest BCUT2D eigenvalue weighted by Crippen LogP contribution is 2.30. The van der Waals surface area contributed by atoms with Gasteiger partial charge in [0.2, 0.25) is 0 Å². The molecule has 3 heteroatoms. The quantitative estimate of drug-likeness (QED) is 0.368. The molecule has 0 N–H and O–H groups in total. The molecule has 90 valence electrons. The number of unbranched alkanes of at least 4 members (excludes halogenated alkanes) is 3. The topological polar surface area (TPSA) is 9.23 Å². The van der Waals surface area contributed by atoms with E-state index in [1.54, 1.807) is 7.11 Å². The third kappa shape index (κ3) is 6.31. The van der Waals surface area contributed by atoms with Crippen molar-refractivity contribution < 1.29 is 4.74 Å². The Bertz CT molecular complexity index is 187. The molecule has 1 unspecified atom stereocenters. The summed E-state index contributed by atoms with van der Waals surface area (Å²) in [6.07, 6.45) is 6.50. The maximum Gasteiger partial charge on any atom is 0.159 e. The average Bonchev–Trinajstić information content (AvgIpc) is 2.15. The monoisotopic (exact) mass is 246 g/mol. The van der Waals surface area contributed by atoms with E-state index in [9.17, 15) is 0 Å². The molecule has 0 aliphatic heterocycles. The van der Waals surface area contributed by atoms with Gasteiger partial charge in [-0.3, -0.25) is 0 Å². The number of hydrogen-bond donors (Lipinski definition) is 0. The second kappa shape index (κ2) is 7.39. The minimum atomic E-state index is -1.20. The molecule has 0 aromatic carbocycles. The van der Waals surface area contributed by atoms with E-state index in [0.717, 1.165) is 5.05 Å². The maximum absolute atomic E-state index is 5.32. The van der Waals surface area contributed by atoms with Crippen LogP contribution in [0.1, 0.15) is 39.0 Å². The molecule has 0 fully saturated rings. The fourth-order valence-electron chi connectivity index (χ4n) is 1.82. The Morgan fingerprint density at radius 1 is 1.20 bits per heavy atom. The number of methoxy groups -OCH3 is 1. The average molecular weight is 246 g/mol. The van der Waals surface area contributed by atoms with Crippen molar-refractivity contribution in [3.05, 3.63) is 0 Å². The van der Waals surface area contributed by atoms with E-state index >= 15 is 0 Å². The van der Waals surface area contributed by atoms with Gasteiger partial charge in [-0.1, -0.05) is 52.2 Å². The van der Waals surface area contributed by atoms with Crippen molar-refractivity contribution in [1.29, 1.82) is 0 Å². The summed E-state index contributed by atoms with van der Waals surface area (Å²) in [7, 11) is 0.513. The van der Waals surface area contributed by atoms with E-state index in [-0.39, 0.29) is 0 Å². The third-order valence-corrected chi connectivity index (χ3v) is 6.18. The Labute approximate surface area is 102 Å². The van der Waals surface area contributed by atoms with Crippen LogP contribution in [0.4, 0.5) is 0 Å². The first-order valence-corrected chi connectivity index (χ1v) is 9.99. The molecule has 0 saturated carbocycles. The predicted octanol–water partition coefficient (Wildman–Crippen LogP) is 4.64. The molecule has 0 aromatic heterocycles. The summed E-state index contributed by atoms with van der Waals surface area (Å²) in [5, 5.41) is 0.839. The van der Waals surface area contributed by atoms with Crippen molar-refractivity contribution in [2.75, 3.05) is 7.11 Å². The summed E-state index contributed by atoms with van der Waals surface area (Å²) < 4.78 is 5.26. The lowest BCUT2D eigenvalue weighted by molar-refractivity contribution is 0.397. The fraction of sp³-hybridized carbons (Fsp3) is 0.917. The molecule has 0 aromatic rings. The second-order valence-corrected chi connectivity index (χ2v) is 11.1. The zero-order chi connectivity index (χ0) is 11.9. The highest BCUT2D eigenvalue weighted by molar-refractivity contribution is 7.80. The van der Waals surface area contributed by atoms with Crippen LogP contribution in [0.3, 0.4) is 0 Å². The number of rotatable bonds is 7. The lowest BCUT2D eigenvalue weighted by Crippen LogP contribution is -2.33. The first-order chi connectivity index (χ1) is 6.93. The Morgan fingerprint density at radius 2 is 1.80 bits per heavy atom. The molecule has 0 radical (unpaired) electrons. The van der Waals surface area contributed by atoms with E-state index < -0.39 is 8.07 Å². The molecule has 0 heterocycles. The molecular weight excluding hydrogens is 220 g/mol. The Balaban J connectivity index is 4.09. The molecule has 0 aliphatic rings. The SMILES string of the molecule is CCCCCCC(C(=S)OC)[Si](C)(C)C. The van der Waals surface area contributed by atoms with Crippen molar-refractivity contribution in [3.8, 4) is 0 Å². The van der Waals surface area contributed by atoms with E-state index in [0.29, 0.717) is 5.54 Å². The first-order valence-electron chi connectivity index (χ1n) is 6.01. The van der Waals surface area contributed by atoms with Gasteiger partial charge in [-0.15, -0.1) is 0 Å². The van der Waals surface area contributed by atoms with E-state index in [1.807, 2.05) is 0 Å². The van der Waals surface area contributed by atoms with Crippen LogP contribution in [0, 0.1) is 0 Å².